The van der Waals surface area contributed by atoms with E-state index < -0.39 is 0 Å². The number of rotatable bonds is 0. The van der Waals surface area contributed by atoms with Crippen LogP contribution in [-0.2, 0) is 0 Å². The SMILES string of the molecule is [Mg].c1ccc2occc2c1. The second kappa shape index (κ2) is 3.08. The van der Waals surface area contributed by atoms with Crippen LogP contribution < -0.4 is 0 Å². The Balaban J connectivity index is 0.000000500. The summed E-state index contributed by atoms with van der Waals surface area (Å²) in [5.74, 6) is 0. The molecule has 0 unspecified atom stereocenters. The van der Waals surface area contributed by atoms with E-state index in [2.05, 4.69) is 0 Å². The highest BCUT2D eigenvalue weighted by Gasteiger charge is 1.89. The van der Waals surface area contributed by atoms with Gasteiger partial charge in [-0.1, -0.05) is 18.2 Å². The number of benzene rings is 1. The van der Waals surface area contributed by atoms with Gasteiger partial charge in [0.25, 0.3) is 0 Å². The van der Waals surface area contributed by atoms with Gasteiger partial charge in [0.2, 0.25) is 0 Å². The van der Waals surface area contributed by atoms with Crippen molar-refractivity contribution in [2.24, 2.45) is 0 Å². The highest BCUT2D eigenvalue weighted by Crippen LogP contribution is 2.12. The van der Waals surface area contributed by atoms with Crippen LogP contribution in [0.25, 0.3) is 11.0 Å². The molecule has 1 heterocycles. The van der Waals surface area contributed by atoms with Crippen LogP contribution >= 0.6 is 0 Å². The van der Waals surface area contributed by atoms with Gasteiger partial charge >= 0.3 is 0 Å². The van der Waals surface area contributed by atoms with Crippen molar-refractivity contribution in [3.63, 3.8) is 0 Å². The molecule has 2 aromatic rings. The van der Waals surface area contributed by atoms with Gasteiger partial charge in [0.1, 0.15) is 5.58 Å². The molecule has 1 aromatic heterocycles. The summed E-state index contributed by atoms with van der Waals surface area (Å²) >= 11 is 0. The van der Waals surface area contributed by atoms with Crippen LogP contribution in [0.2, 0.25) is 0 Å². The van der Waals surface area contributed by atoms with Gasteiger partial charge in [-0.25, -0.2) is 0 Å². The van der Waals surface area contributed by atoms with Gasteiger partial charge in [-0.05, 0) is 12.1 Å². The van der Waals surface area contributed by atoms with Crippen molar-refractivity contribution in [3.05, 3.63) is 36.6 Å². The van der Waals surface area contributed by atoms with Crippen LogP contribution in [0.1, 0.15) is 0 Å². The van der Waals surface area contributed by atoms with E-state index in [9.17, 15) is 0 Å². The first-order valence-electron chi connectivity index (χ1n) is 2.89. The smallest absolute Gasteiger partial charge is 0.133 e. The Morgan fingerprint density at radius 2 is 1.80 bits per heavy atom. The highest BCUT2D eigenvalue weighted by molar-refractivity contribution is 5.76. The molecule has 2 rings (SSSR count). The second-order valence-electron chi connectivity index (χ2n) is 1.96. The molecular formula is C8H6MgO. The standard InChI is InChI=1S/C8H6O.Mg/c1-2-4-8-7(3-1)5-6-9-8;/h1-6H;. The third kappa shape index (κ3) is 1.17. The minimum atomic E-state index is 0. The fourth-order valence-corrected chi connectivity index (χ4v) is 0.906. The number of para-hydroxylation sites is 1. The van der Waals surface area contributed by atoms with Crippen molar-refractivity contribution in [2.75, 3.05) is 0 Å². The molecule has 1 aromatic carbocycles. The molecule has 0 amide bonds. The second-order valence-corrected chi connectivity index (χ2v) is 1.96. The lowest BCUT2D eigenvalue weighted by Crippen LogP contribution is -1.57. The summed E-state index contributed by atoms with van der Waals surface area (Å²) in [6, 6.07) is 9.90. The monoisotopic (exact) mass is 142 g/mol. The van der Waals surface area contributed by atoms with E-state index >= 15 is 0 Å². The predicted molar refractivity (Wildman–Crippen MR) is 42.0 cm³/mol. The zero-order chi connectivity index (χ0) is 6.10. The number of hydrogen-bond acceptors (Lipinski definition) is 1. The predicted octanol–water partition coefficient (Wildman–Crippen LogP) is 2.05. The van der Waals surface area contributed by atoms with Gasteiger partial charge in [0, 0.05) is 28.4 Å². The van der Waals surface area contributed by atoms with Crippen molar-refractivity contribution in [3.8, 4) is 0 Å². The first kappa shape index (κ1) is 7.63. The lowest BCUT2D eigenvalue weighted by Gasteiger charge is -1.81. The van der Waals surface area contributed by atoms with Crippen molar-refractivity contribution in [1.82, 2.24) is 0 Å². The molecule has 0 aliphatic heterocycles. The van der Waals surface area contributed by atoms with E-state index in [1.165, 1.54) is 0 Å². The topological polar surface area (TPSA) is 13.1 Å². The summed E-state index contributed by atoms with van der Waals surface area (Å²) in [6.45, 7) is 0. The lowest BCUT2D eigenvalue weighted by atomic mass is 10.3. The summed E-state index contributed by atoms with van der Waals surface area (Å²) in [5.41, 5.74) is 0.956. The Morgan fingerprint density at radius 1 is 1.00 bits per heavy atom. The number of fused-ring (bicyclic) bond motifs is 1. The Kier molecular flexibility index (Phi) is 2.35. The van der Waals surface area contributed by atoms with E-state index in [0.29, 0.717) is 0 Å². The molecule has 0 saturated carbocycles. The minimum Gasteiger partial charge on any atom is -0.464 e. The molecule has 0 saturated heterocycles. The molecule has 2 heteroatoms. The molecule has 0 atom stereocenters. The Labute approximate surface area is 75.2 Å². The average Bonchev–Trinajstić information content (AvgIpc) is 2.33. The van der Waals surface area contributed by atoms with E-state index in [1.54, 1.807) is 6.26 Å². The zero-order valence-electron chi connectivity index (χ0n) is 5.58. The molecule has 0 spiro atoms. The number of hydrogen-bond donors (Lipinski definition) is 0. The van der Waals surface area contributed by atoms with Gasteiger partial charge < -0.3 is 4.42 Å². The summed E-state index contributed by atoms with van der Waals surface area (Å²) in [4.78, 5) is 0. The summed E-state index contributed by atoms with van der Waals surface area (Å²) < 4.78 is 5.12. The summed E-state index contributed by atoms with van der Waals surface area (Å²) in [5, 5.41) is 1.16. The normalized spacial score (nSPS) is 9.20. The third-order valence-corrected chi connectivity index (χ3v) is 1.36. The average molecular weight is 142 g/mol. The molecular weight excluding hydrogens is 136 g/mol. The van der Waals surface area contributed by atoms with Gasteiger partial charge in [-0.2, -0.15) is 0 Å². The quantitative estimate of drug-likeness (QED) is 0.513. The maximum atomic E-state index is 5.12. The van der Waals surface area contributed by atoms with Crippen molar-refractivity contribution >= 4 is 34.0 Å². The Hall–Kier alpha value is -0.474. The van der Waals surface area contributed by atoms with Gasteiger partial charge in [0.15, 0.2) is 0 Å². The van der Waals surface area contributed by atoms with E-state index in [-0.39, 0.29) is 23.1 Å². The number of furan rings is 1. The van der Waals surface area contributed by atoms with Crippen LogP contribution in [0, 0.1) is 0 Å². The first-order valence-corrected chi connectivity index (χ1v) is 2.89. The molecule has 1 nitrogen and oxygen atoms in total. The zero-order valence-corrected chi connectivity index (χ0v) is 6.99. The first-order chi connectivity index (χ1) is 4.47. The molecule has 0 N–H and O–H groups in total. The van der Waals surface area contributed by atoms with Crippen molar-refractivity contribution < 1.29 is 4.42 Å². The van der Waals surface area contributed by atoms with E-state index in [4.69, 9.17) is 4.42 Å². The molecule has 10 heavy (non-hydrogen) atoms. The van der Waals surface area contributed by atoms with Crippen LogP contribution in [0.5, 0.6) is 0 Å². The van der Waals surface area contributed by atoms with Crippen LogP contribution in [-0.4, -0.2) is 23.1 Å². The van der Waals surface area contributed by atoms with Crippen molar-refractivity contribution in [2.45, 2.75) is 0 Å². The van der Waals surface area contributed by atoms with E-state index in [0.717, 1.165) is 11.0 Å². The van der Waals surface area contributed by atoms with Gasteiger partial charge in [0.05, 0.1) is 6.26 Å². The van der Waals surface area contributed by atoms with Crippen LogP contribution in [0.4, 0.5) is 0 Å². The Bertz CT molecular complexity index is 283. The third-order valence-electron chi connectivity index (χ3n) is 1.36. The fraction of sp³-hybridized carbons (Fsp3) is 0. The highest BCUT2D eigenvalue weighted by atomic mass is 24.3. The molecule has 0 fully saturated rings. The maximum absolute atomic E-state index is 5.12. The molecule has 2 radical (unpaired) electrons. The lowest BCUT2D eigenvalue weighted by molar-refractivity contribution is 0.616. The fourth-order valence-electron chi connectivity index (χ4n) is 0.906. The summed E-state index contributed by atoms with van der Waals surface area (Å²) in [6.07, 6.45) is 1.70. The molecule has 0 aliphatic rings. The minimum absolute atomic E-state index is 0. The van der Waals surface area contributed by atoms with Gasteiger partial charge in [-0.3, -0.25) is 0 Å². The van der Waals surface area contributed by atoms with E-state index in [1.807, 2.05) is 30.3 Å². The molecule has 46 valence electrons. The molecule has 0 aliphatic carbocycles. The maximum Gasteiger partial charge on any atom is 0.133 e. The Morgan fingerprint density at radius 3 is 2.60 bits per heavy atom. The largest absolute Gasteiger partial charge is 0.464 e. The summed E-state index contributed by atoms with van der Waals surface area (Å²) in [7, 11) is 0. The molecule has 0 bridgehead atoms. The van der Waals surface area contributed by atoms with Gasteiger partial charge in [-0.15, -0.1) is 0 Å². The van der Waals surface area contributed by atoms with Crippen LogP contribution in [0.15, 0.2) is 41.0 Å². The van der Waals surface area contributed by atoms with Crippen molar-refractivity contribution in [1.29, 1.82) is 0 Å². The van der Waals surface area contributed by atoms with Crippen LogP contribution in [0.3, 0.4) is 0 Å².